The summed E-state index contributed by atoms with van der Waals surface area (Å²) in [5.41, 5.74) is 7.22. The Hall–Kier alpha value is -1.22. The van der Waals surface area contributed by atoms with Crippen LogP contribution >= 0.6 is 35.6 Å². The van der Waals surface area contributed by atoms with Gasteiger partial charge in [0.25, 0.3) is 0 Å². The number of halogens is 2. The third-order valence-electron chi connectivity index (χ3n) is 3.98. The van der Waals surface area contributed by atoms with Gasteiger partial charge in [0.2, 0.25) is 5.91 Å². The van der Waals surface area contributed by atoms with Crippen LogP contribution in [0.2, 0.25) is 5.02 Å². The third-order valence-corrected chi connectivity index (χ3v) is 4.23. The van der Waals surface area contributed by atoms with Crippen molar-refractivity contribution in [2.24, 2.45) is 10.7 Å². The average molecular weight is 480 g/mol. The van der Waals surface area contributed by atoms with Crippen molar-refractivity contribution in [1.82, 2.24) is 10.2 Å². The zero-order chi connectivity index (χ0) is 17.4. The van der Waals surface area contributed by atoms with Crippen molar-refractivity contribution in [3.8, 4) is 0 Å². The highest BCUT2D eigenvalue weighted by Crippen LogP contribution is 2.19. The molecule has 0 saturated carbocycles. The number of guanidine groups is 1. The smallest absolute Gasteiger partial charge is 0.221 e. The van der Waals surface area contributed by atoms with Crippen molar-refractivity contribution in [2.75, 3.05) is 44.2 Å². The summed E-state index contributed by atoms with van der Waals surface area (Å²) in [4.78, 5) is 20.2. The molecule has 1 aliphatic heterocycles. The van der Waals surface area contributed by atoms with Gasteiger partial charge in [0.15, 0.2) is 5.96 Å². The van der Waals surface area contributed by atoms with Crippen LogP contribution < -0.4 is 16.0 Å². The van der Waals surface area contributed by atoms with Crippen molar-refractivity contribution in [1.29, 1.82) is 0 Å². The molecular weight excluding hydrogens is 453 g/mol. The van der Waals surface area contributed by atoms with Crippen LogP contribution in [0.3, 0.4) is 0 Å². The number of piperazine rings is 1. The van der Waals surface area contributed by atoms with Crippen molar-refractivity contribution < 1.29 is 4.79 Å². The number of amides is 1. The van der Waals surface area contributed by atoms with Gasteiger partial charge in [0, 0.05) is 49.9 Å². The second kappa shape index (κ2) is 11.4. The van der Waals surface area contributed by atoms with Gasteiger partial charge in [0.1, 0.15) is 0 Å². The van der Waals surface area contributed by atoms with Crippen LogP contribution in [0.25, 0.3) is 0 Å². The predicted molar refractivity (Wildman–Crippen MR) is 115 cm³/mol. The van der Waals surface area contributed by atoms with Gasteiger partial charge >= 0.3 is 0 Å². The minimum atomic E-state index is 0. The molecule has 8 heteroatoms. The molecule has 0 unspecified atom stereocenters. The quantitative estimate of drug-likeness (QED) is 0.373. The van der Waals surface area contributed by atoms with E-state index >= 15 is 0 Å². The molecule has 6 nitrogen and oxygen atoms in total. The lowest BCUT2D eigenvalue weighted by atomic mass is 10.2. The van der Waals surface area contributed by atoms with Crippen LogP contribution in [-0.2, 0) is 4.79 Å². The van der Waals surface area contributed by atoms with E-state index < -0.39 is 0 Å². The Morgan fingerprint density at radius 3 is 2.48 bits per heavy atom. The third kappa shape index (κ3) is 7.27. The van der Waals surface area contributed by atoms with E-state index in [1.54, 1.807) is 0 Å². The molecule has 0 atom stereocenters. The molecule has 2 rings (SSSR count). The van der Waals surface area contributed by atoms with E-state index in [1.165, 1.54) is 5.69 Å². The van der Waals surface area contributed by atoms with E-state index in [9.17, 15) is 4.79 Å². The molecule has 0 aromatic heterocycles. The Kier molecular flexibility index (Phi) is 9.96. The molecular formula is C17H27ClIN5O. The highest BCUT2D eigenvalue weighted by molar-refractivity contribution is 14.0. The number of hydrogen-bond donors (Lipinski definition) is 2. The summed E-state index contributed by atoms with van der Waals surface area (Å²) < 4.78 is 0. The largest absolute Gasteiger partial charge is 0.370 e. The van der Waals surface area contributed by atoms with Crippen molar-refractivity contribution in [3.63, 3.8) is 0 Å². The molecule has 1 amide bonds. The van der Waals surface area contributed by atoms with Crippen LogP contribution in [-0.4, -0.2) is 56.0 Å². The summed E-state index contributed by atoms with van der Waals surface area (Å²) in [6, 6.07) is 7.88. The number of nitrogens with zero attached hydrogens (tertiary/aromatic N) is 3. The first kappa shape index (κ1) is 21.8. The van der Waals surface area contributed by atoms with Gasteiger partial charge in [-0.1, -0.05) is 18.5 Å². The number of rotatable bonds is 6. The van der Waals surface area contributed by atoms with Crippen LogP contribution in [0, 0.1) is 0 Å². The van der Waals surface area contributed by atoms with Crippen LogP contribution in [0.15, 0.2) is 29.3 Å². The predicted octanol–water partition coefficient (Wildman–Crippen LogP) is 2.31. The molecule has 1 fully saturated rings. The standard InChI is InChI=1S/C17H26ClN5O.HI/c1-2-8-20-16(24)7-9-21-17(19)23-12-10-22(11-13-23)15-5-3-14(18)4-6-15;/h3-6H,2,7-13H2,1H3,(H2,19,21)(H,20,24);1H. The fourth-order valence-electron chi connectivity index (χ4n) is 2.57. The number of hydrogen-bond acceptors (Lipinski definition) is 3. The number of nitrogens with one attached hydrogen (secondary N) is 1. The lowest BCUT2D eigenvalue weighted by molar-refractivity contribution is -0.120. The SMILES string of the molecule is CCCNC(=O)CCN=C(N)N1CCN(c2ccc(Cl)cc2)CC1.I. The molecule has 1 heterocycles. The van der Waals surface area contributed by atoms with Gasteiger partial charge in [-0.3, -0.25) is 9.79 Å². The molecule has 1 aliphatic rings. The zero-order valence-corrected chi connectivity index (χ0v) is 17.7. The van der Waals surface area contributed by atoms with Gasteiger partial charge in [-0.25, -0.2) is 0 Å². The average Bonchev–Trinajstić information content (AvgIpc) is 2.60. The summed E-state index contributed by atoms with van der Waals surface area (Å²) >= 11 is 5.93. The maximum Gasteiger partial charge on any atom is 0.221 e. The molecule has 1 saturated heterocycles. The molecule has 25 heavy (non-hydrogen) atoms. The maximum absolute atomic E-state index is 11.5. The van der Waals surface area contributed by atoms with E-state index in [4.69, 9.17) is 17.3 Å². The Morgan fingerprint density at radius 2 is 1.88 bits per heavy atom. The molecule has 1 aromatic rings. The van der Waals surface area contributed by atoms with Crippen molar-refractivity contribution in [2.45, 2.75) is 19.8 Å². The van der Waals surface area contributed by atoms with Gasteiger partial charge < -0.3 is 20.9 Å². The van der Waals surface area contributed by atoms with E-state index in [1.807, 2.05) is 31.2 Å². The number of nitrogens with two attached hydrogens (primary N) is 1. The topological polar surface area (TPSA) is 74.0 Å². The Labute approximate surface area is 171 Å². The minimum Gasteiger partial charge on any atom is -0.370 e. The Morgan fingerprint density at radius 1 is 1.24 bits per heavy atom. The zero-order valence-electron chi connectivity index (χ0n) is 14.6. The van der Waals surface area contributed by atoms with Gasteiger partial charge in [-0.15, -0.1) is 24.0 Å². The Balaban J connectivity index is 0.00000312. The normalized spacial score (nSPS) is 14.9. The van der Waals surface area contributed by atoms with Crippen molar-refractivity contribution in [3.05, 3.63) is 29.3 Å². The van der Waals surface area contributed by atoms with Crippen LogP contribution in [0.5, 0.6) is 0 Å². The van der Waals surface area contributed by atoms with Gasteiger partial charge in [-0.2, -0.15) is 0 Å². The number of aliphatic imine (C=N–C) groups is 1. The molecule has 0 aliphatic carbocycles. The first-order valence-electron chi connectivity index (χ1n) is 8.42. The van der Waals surface area contributed by atoms with Crippen molar-refractivity contribution >= 4 is 53.1 Å². The van der Waals surface area contributed by atoms with E-state index in [0.717, 1.165) is 37.6 Å². The summed E-state index contributed by atoms with van der Waals surface area (Å²) in [5, 5.41) is 3.58. The number of carbonyl (C=O) groups is 1. The fraction of sp³-hybridized carbons (Fsp3) is 0.529. The van der Waals surface area contributed by atoms with Gasteiger partial charge in [0.05, 0.1) is 6.54 Å². The minimum absolute atomic E-state index is 0. The highest BCUT2D eigenvalue weighted by atomic mass is 127. The number of benzene rings is 1. The molecule has 140 valence electrons. The first-order chi connectivity index (χ1) is 11.6. The summed E-state index contributed by atoms with van der Waals surface area (Å²) in [7, 11) is 0. The molecule has 3 N–H and O–H groups in total. The second-order valence-corrected chi connectivity index (χ2v) is 6.23. The highest BCUT2D eigenvalue weighted by Gasteiger charge is 2.18. The molecule has 1 aromatic carbocycles. The fourth-order valence-corrected chi connectivity index (χ4v) is 2.70. The molecule has 0 bridgehead atoms. The monoisotopic (exact) mass is 479 g/mol. The van der Waals surface area contributed by atoms with E-state index in [2.05, 4.69) is 20.1 Å². The van der Waals surface area contributed by atoms with Crippen LogP contribution in [0.4, 0.5) is 5.69 Å². The van der Waals surface area contributed by atoms with Gasteiger partial charge in [-0.05, 0) is 30.7 Å². The Bertz CT molecular complexity index is 559. The summed E-state index contributed by atoms with van der Waals surface area (Å²) in [6.45, 7) is 6.58. The lowest BCUT2D eigenvalue weighted by Crippen LogP contribution is -2.51. The van der Waals surface area contributed by atoms with E-state index in [-0.39, 0.29) is 29.9 Å². The summed E-state index contributed by atoms with van der Waals surface area (Å²) in [5.74, 6) is 0.551. The lowest BCUT2D eigenvalue weighted by Gasteiger charge is -2.36. The molecule has 0 spiro atoms. The second-order valence-electron chi connectivity index (χ2n) is 5.79. The molecule has 0 radical (unpaired) electrons. The van der Waals surface area contributed by atoms with E-state index in [0.29, 0.717) is 25.5 Å². The number of anilines is 1. The first-order valence-corrected chi connectivity index (χ1v) is 8.80. The number of carbonyl (C=O) groups excluding carboxylic acids is 1. The summed E-state index contributed by atoms with van der Waals surface area (Å²) in [6.07, 6.45) is 1.32. The maximum atomic E-state index is 11.5. The van der Waals surface area contributed by atoms with Crippen LogP contribution in [0.1, 0.15) is 19.8 Å².